The number of hydrogen-bond acceptors (Lipinski definition) is 5. The second-order valence-corrected chi connectivity index (χ2v) is 5.92. The Balaban J connectivity index is 1.52. The number of halogens is 3. The minimum absolute atomic E-state index is 0.0241. The van der Waals surface area contributed by atoms with E-state index in [1.165, 1.54) is 12.1 Å². The van der Waals surface area contributed by atoms with Gasteiger partial charge in [0.05, 0.1) is 12.1 Å². The van der Waals surface area contributed by atoms with Crippen LogP contribution in [0.4, 0.5) is 13.2 Å². The topological polar surface area (TPSA) is 77.2 Å². The molecule has 0 radical (unpaired) electrons. The maximum Gasteiger partial charge on any atom is 0.416 e. The van der Waals surface area contributed by atoms with E-state index >= 15 is 0 Å². The van der Waals surface area contributed by atoms with E-state index < -0.39 is 24.3 Å². The molecule has 1 heterocycles. The fourth-order valence-electron chi connectivity index (χ4n) is 2.40. The molecule has 3 aromatic rings. The van der Waals surface area contributed by atoms with Gasteiger partial charge in [-0.25, -0.2) is 0 Å². The molecule has 146 valence electrons. The number of benzene rings is 2. The van der Waals surface area contributed by atoms with Crippen molar-refractivity contribution in [2.45, 2.75) is 19.6 Å². The summed E-state index contributed by atoms with van der Waals surface area (Å²) in [5, 5.41) is 6.39. The zero-order chi connectivity index (χ0) is 20.1. The normalized spacial score (nSPS) is 11.3. The van der Waals surface area contributed by atoms with Crippen molar-refractivity contribution >= 4 is 5.91 Å². The predicted octanol–water partition coefficient (Wildman–Crippen LogP) is 3.76. The van der Waals surface area contributed by atoms with Gasteiger partial charge >= 0.3 is 6.18 Å². The molecule has 1 N–H and O–H groups in total. The number of aromatic nitrogens is 2. The van der Waals surface area contributed by atoms with E-state index in [1.54, 1.807) is 0 Å². The molecule has 0 spiro atoms. The first-order valence-corrected chi connectivity index (χ1v) is 8.28. The number of ether oxygens (including phenoxy) is 1. The maximum atomic E-state index is 12.7. The summed E-state index contributed by atoms with van der Waals surface area (Å²) >= 11 is 0. The Morgan fingerprint density at radius 3 is 2.71 bits per heavy atom. The molecule has 9 heteroatoms. The fraction of sp³-hybridized carbons (Fsp3) is 0.211. The Morgan fingerprint density at radius 2 is 1.96 bits per heavy atom. The highest BCUT2D eigenvalue weighted by molar-refractivity contribution is 5.77. The van der Waals surface area contributed by atoms with Crippen molar-refractivity contribution < 1.29 is 27.2 Å². The van der Waals surface area contributed by atoms with Crippen molar-refractivity contribution in [2.75, 3.05) is 6.61 Å². The summed E-state index contributed by atoms with van der Waals surface area (Å²) in [6, 6.07) is 11.8. The second kappa shape index (κ2) is 8.12. The Hall–Kier alpha value is -3.36. The summed E-state index contributed by atoms with van der Waals surface area (Å²) in [5.74, 6) is 0.0193. The van der Waals surface area contributed by atoms with E-state index in [4.69, 9.17) is 9.26 Å². The smallest absolute Gasteiger partial charge is 0.416 e. The zero-order valence-corrected chi connectivity index (χ0v) is 14.8. The Bertz CT molecular complexity index is 970. The monoisotopic (exact) mass is 391 g/mol. The number of alkyl halides is 3. The number of nitrogens with zero attached hydrogens (tertiary/aromatic N) is 2. The van der Waals surface area contributed by atoms with Crippen LogP contribution in [0.3, 0.4) is 0 Å². The lowest BCUT2D eigenvalue weighted by Crippen LogP contribution is -2.28. The van der Waals surface area contributed by atoms with Crippen LogP contribution in [0.5, 0.6) is 5.75 Å². The Morgan fingerprint density at radius 1 is 1.18 bits per heavy atom. The largest absolute Gasteiger partial charge is 0.484 e. The van der Waals surface area contributed by atoms with Gasteiger partial charge in [-0.15, -0.1) is 0 Å². The first-order chi connectivity index (χ1) is 13.3. The van der Waals surface area contributed by atoms with Crippen LogP contribution in [0.15, 0.2) is 53.1 Å². The third-order valence-corrected chi connectivity index (χ3v) is 3.82. The summed E-state index contributed by atoms with van der Waals surface area (Å²) in [6.07, 6.45) is -4.48. The molecule has 0 saturated carbocycles. The summed E-state index contributed by atoms with van der Waals surface area (Å²) < 4.78 is 48.2. The Kier molecular flexibility index (Phi) is 5.62. The van der Waals surface area contributed by atoms with E-state index in [2.05, 4.69) is 15.5 Å². The maximum absolute atomic E-state index is 12.7. The molecule has 3 rings (SSSR count). The molecule has 1 amide bonds. The molecule has 0 aliphatic heterocycles. The first-order valence-electron chi connectivity index (χ1n) is 8.28. The molecule has 0 unspecified atom stereocenters. The first kappa shape index (κ1) is 19.4. The summed E-state index contributed by atoms with van der Waals surface area (Å²) in [4.78, 5) is 16.1. The predicted molar refractivity (Wildman–Crippen MR) is 93.3 cm³/mol. The molecule has 0 aliphatic rings. The minimum atomic E-state index is -4.48. The van der Waals surface area contributed by atoms with Gasteiger partial charge in [0, 0.05) is 5.56 Å². The van der Waals surface area contributed by atoms with Crippen LogP contribution >= 0.6 is 0 Å². The number of hydrogen-bond donors (Lipinski definition) is 1. The lowest BCUT2D eigenvalue weighted by Gasteiger charge is -2.10. The third-order valence-electron chi connectivity index (χ3n) is 3.82. The van der Waals surface area contributed by atoms with Gasteiger partial charge in [0.25, 0.3) is 5.91 Å². The third kappa shape index (κ3) is 4.87. The molecule has 2 aromatic carbocycles. The van der Waals surface area contributed by atoms with Crippen LogP contribution in [0.1, 0.15) is 17.0 Å². The van der Waals surface area contributed by atoms with E-state index in [0.29, 0.717) is 5.82 Å². The quantitative estimate of drug-likeness (QED) is 0.692. The summed E-state index contributed by atoms with van der Waals surface area (Å²) in [6.45, 7) is 1.45. The fourth-order valence-corrected chi connectivity index (χ4v) is 2.40. The zero-order valence-electron chi connectivity index (χ0n) is 14.8. The molecule has 0 bridgehead atoms. The van der Waals surface area contributed by atoms with E-state index in [-0.39, 0.29) is 18.2 Å². The van der Waals surface area contributed by atoms with Gasteiger partial charge in [-0.2, -0.15) is 18.2 Å². The van der Waals surface area contributed by atoms with E-state index in [0.717, 1.165) is 23.3 Å². The van der Waals surface area contributed by atoms with Crippen LogP contribution in [0.25, 0.3) is 11.4 Å². The van der Waals surface area contributed by atoms with Gasteiger partial charge in [-0.3, -0.25) is 4.79 Å². The summed E-state index contributed by atoms with van der Waals surface area (Å²) in [7, 11) is 0. The lowest BCUT2D eigenvalue weighted by molar-refractivity contribution is -0.137. The van der Waals surface area contributed by atoms with Crippen molar-refractivity contribution in [3.8, 4) is 17.1 Å². The number of amides is 1. The SMILES string of the molecule is Cc1ccccc1-c1noc(CNC(=O)COc2cccc(C(F)(F)F)c2)n1. The Labute approximate surface area is 158 Å². The van der Waals surface area contributed by atoms with Gasteiger partial charge < -0.3 is 14.6 Å². The van der Waals surface area contributed by atoms with Crippen LogP contribution in [-0.2, 0) is 17.5 Å². The van der Waals surface area contributed by atoms with Gasteiger partial charge in [-0.1, -0.05) is 35.5 Å². The van der Waals surface area contributed by atoms with Crippen molar-refractivity contribution in [1.82, 2.24) is 15.5 Å². The van der Waals surface area contributed by atoms with Crippen molar-refractivity contribution in [2.24, 2.45) is 0 Å². The van der Waals surface area contributed by atoms with Crippen LogP contribution in [-0.4, -0.2) is 22.7 Å². The summed E-state index contributed by atoms with van der Waals surface area (Å²) in [5.41, 5.74) is 0.949. The van der Waals surface area contributed by atoms with Gasteiger partial charge in [0.15, 0.2) is 6.61 Å². The number of carbonyl (C=O) groups excluding carboxylic acids is 1. The molecule has 0 aliphatic carbocycles. The van der Waals surface area contributed by atoms with Crippen LogP contribution in [0, 0.1) is 6.92 Å². The van der Waals surface area contributed by atoms with E-state index in [9.17, 15) is 18.0 Å². The molecule has 0 atom stereocenters. The second-order valence-electron chi connectivity index (χ2n) is 5.92. The number of nitrogens with one attached hydrogen (secondary N) is 1. The van der Waals surface area contributed by atoms with Crippen molar-refractivity contribution in [3.05, 3.63) is 65.5 Å². The lowest BCUT2D eigenvalue weighted by atomic mass is 10.1. The number of aryl methyl sites for hydroxylation is 1. The van der Waals surface area contributed by atoms with Gasteiger partial charge in [0.1, 0.15) is 5.75 Å². The molecule has 0 saturated heterocycles. The van der Waals surface area contributed by atoms with Crippen molar-refractivity contribution in [1.29, 1.82) is 0 Å². The molecule has 6 nitrogen and oxygen atoms in total. The van der Waals surface area contributed by atoms with Gasteiger partial charge in [0.2, 0.25) is 11.7 Å². The van der Waals surface area contributed by atoms with Crippen molar-refractivity contribution in [3.63, 3.8) is 0 Å². The van der Waals surface area contributed by atoms with Crippen LogP contribution < -0.4 is 10.1 Å². The van der Waals surface area contributed by atoms with Gasteiger partial charge in [-0.05, 0) is 30.7 Å². The van der Waals surface area contributed by atoms with Crippen LogP contribution in [0.2, 0.25) is 0 Å². The number of rotatable bonds is 6. The highest BCUT2D eigenvalue weighted by Crippen LogP contribution is 2.31. The standard InChI is InChI=1S/C19H16F3N3O3/c1-12-5-2-3-8-15(12)18-24-17(28-25-18)10-23-16(26)11-27-14-7-4-6-13(9-14)19(20,21)22/h2-9H,10-11H2,1H3,(H,23,26). The molecule has 28 heavy (non-hydrogen) atoms. The minimum Gasteiger partial charge on any atom is -0.484 e. The number of carbonyl (C=O) groups is 1. The average Bonchev–Trinajstić information content (AvgIpc) is 3.13. The highest BCUT2D eigenvalue weighted by atomic mass is 19.4. The highest BCUT2D eigenvalue weighted by Gasteiger charge is 2.30. The molecular weight excluding hydrogens is 375 g/mol. The molecule has 1 aromatic heterocycles. The van der Waals surface area contributed by atoms with E-state index in [1.807, 2.05) is 31.2 Å². The molecule has 0 fully saturated rings. The molecular formula is C19H16F3N3O3. The average molecular weight is 391 g/mol.